The third-order valence-corrected chi connectivity index (χ3v) is 3.71. The van der Waals surface area contributed by atoms with Crippen LogP contribution in [0.1, 0.15) is 5.56 Å². The number of anilines is 1. The van der Waals surface area contributed by atoms with Crippen molar-refractivity contribution in [3.63, 3.8) is 0 Å². The van der Waals surface area contributed by atoms with Crippen molar-refractivity contribution >= 4 is 32.6 Å². The van der Waals surface area contributed by atoms with Crippen molar-refractivity contribution in [1.82, 2.24) is 4.98 Å². The van der Waals surface area contributed by atoms with E-state index in [4.69, 9.17) is 0 Å². The number of aryl methyl sites for hydroxylation is 1. The van der Waals surface area contributed by atoms with Crippen LogP contribution < -0.4 is 4.72 Å². The first-order chi connectivity index (χ1) is 8.15. The van der Waals surface area contributed by atoms with Crippen molar-refractivity contribution in [2.24, 2.45) is 0 Å². The molecule has 0 saturated carbocycles. The van der Waals surface area contributed by atoms with E-state index in [-0.39, 0.29) is 0 Å². The molecule has 2 aromatic rings. The Hall–Kier alpha value is -1.20. The Morgan fingerprint density at radius 3 is 2.59 bits per heavy atom. The van der Waals surface area contributed by atoms with Gasteiger partial charge in [-0.2, -0.15) is 0 Å². The maximum absolute atomic E-state index is 12.0. The highest BCUT2D eigenvalue weighted by Crippen LogP contribution is 2.16. The van der Waals surface area contributed by atoms with Gasteiger partial charge in [0.25, 0.3) is 0 Å². The first-order valence-electron chi connectivity index (χ1n) is 5.01. The lowest BCUT2D eigenvalue weighted by molar-refractivity contribution is 0.686. The van der Waals surface area contributed by atoms with Gasteiger partial charge in [-0.3, -0.25) is 9.71 Å². The summed E-state index contributed by atoms with van der Waals surface area (Å²) in [6, 6.07) is 9.41. The molecule has 5 heteroatoms. The molecule has 0 aliphatic rings. The van der Waals surface area contributed by atoms with Crippen molar-refractivity contribution in [3.05, 3.63) is 52.8 Å². The van der Waals surface area contributed by atoms with Crippen LogP contribution in [0, 0.1) is 6.92 Å². The number of hydrogen-bond acceptors (Lipinski definition) is 2. The molecule has 2 rings (SSSR count). The standard InChI is InChI=1S/C12H11BrN2OS/c1-9-2-4-12(5-3-9)17(16)15-11-6-10(13)7-14-8-11/h2-8,15H,1H3. The van der Waals surface area contributed by atoms with Crippen LogP contribution >= 0.6 is 15.9 Å². The summed E-state index contributed by atoms with van der Waals surface area (Å²) in [4.78, 5) is 4.75. The number of nitrogens with one attached hydrogen (secondary N) is 1. The molecular formula is C12H11BrN2OS. The lowest BCUT2D eigenvalue weighted by atomic mass is 10.2. The highest BCUT2D eigenvalue weighted by molar-refractivity contribution is 9.10. The van der Waals surface area contributed by atoms with Gasteiger partial charge in [-0.15, -0.1) is 0 Å². The number of pyridine rings is 1. The minimum Gasteiger partial charge on any atom is -0.300 e. The van der Waals surface area contributed by atoms with E-state index in [1.54, 1.807) is 12.4 Å². The molecule has 0 bridgehead atoms. The van der Waals surface area contributed by atoms with Gasteiger partial charge in [0, 0.05) is 10.7 Å². The Labute approximate surface area is 111 Å². The topological polar surface area (TPSA) is 42.0 Å². The highest BCUT2D eigenvalue weighted by Gasteiger charge is 2.04. The van der Waals surface area contributed by atoms with Crippen LogP contribution in [0.3, 0.4) is 0 Å². The van der Waals surface area contributed by atoms with Crippen LogP contribution in [0.2, 0.25) is 0 Å². The van der Waals surface area contributed by atoms with Crippen LogP contribution in [0.25, 0.3) is 0 Å². The van der Waals surface area contributed by atoms with E-state index in [0.717, 1.165) is 20.6 Å². The summed E-state index contributed by atoms with van der Waals surface area (Å²) in [6.45, 7) is 2.00. The molecule has 0 aliphatic carbocycles. The molecule has 1 atom stereocenters. The van der Waals surface area contributed by atoms with Crippen LogP contribution in [0.5, 0.6) is 0 Å². The smallest absolute Gasteiger partial charge is 0.150 e. The molecule has 3 nitrogen and oxygen atoms in total. The maximum Gasteiger partial charge on any atom is 0.150 e. The summed E-state index contributed by atoms with van der Waals surface area (Å²) < 4.78 is 15.7. The van der Waals surface area contributed by atoms with Crippen LogP contribution in [-0.2, 0) is 11.0 Å². The molecule has 1 N–H and O–H groups in total. The van der Waals surface area contributed by atoms with Gasteiger partial charge in [-0.25, -0.2) is 4.21 Å². The summed E-state index contributed by atoms with van der Waals surface area (Å²) in [5, 5.41) is 0. The minimum atomic E-state index is -1.26. The SMILES string of the molecule is Cc1ccc(S(=O)Nc2cncc(Br)c2)cc1. The molecule has 0 fully saturated rings. The molecule has 0 spiro atoms. The molecule has 0 amide bonds. The number of aromatic nitrogens is 1. The molecule has 0 saturated heterocycles. The number of benzene rings is 1. The van der Waals surface area contributed by atoms with Crippen LogP contribution in [0.15, 0.2) is 52.1 Å². The Bertz CT molecular complexity index is 542. The summed E-state index contributed by atoms with van der Waals surface area (Å²) in [5.74, 6) is 0. The fraction of sp³-hybridized carbons (Fsp3) is 0.0833. The Kier molecular flexibility index (Phi) is 3.91. The first kappa shape index (κ1) is 12.3. The maximum atomic E-state index is 12.0. The van der Waals surface area contributed by atoms with E-state index in [0.29, 0.717) is 0 Å². The highest BCUT2D eigenvalue weighted by atomic mass is 79.9. The van der Waals surface area contributed by atoms with E-state index in [2.05, 4.69) is 25.6 Å². The lowest BCUT2D eigenvalue weighted by Gasteiger charge is -2.06. The summed E-state index contributed by atoms with van der Waals surface area (Å²) in [5.41, 5.74) is 1.87. The average Bonchev–Trinajstić information content (AvgIpc) is 2.29. The van der Waals surface area contributed by atoms with Crippen LogP contribution in [0.4, 0.5) is 5.69 Å². The second-order valence-electron chi connectivity index (χ2n) is 3.58. The second kappa shape index (κ2) is 5.42. The summed E-state index contributed by atoms with van der Waals surface area (Å²) in [6.07, 6.45) is 3.32. The van der Waals surface area contributed by atoms with Gasteiger partial charge in [0.15, 0.2) is 0 Å². The monoisotopic (exact) mass is 310 g/mol. The molecule has 1 heterocycles. The van der Waals surface area contributed by atoms with E-state index < -0.39 is 11.0 Å². The largest absolute Gasteiger partial charge is 0.300 e. The van der Waals surface area contributed by atoms with Gasteiger partial charge < -0.3 is 0 Å². The van der Waals surface area contributed by atoms with E-state index >= 15 is 0 Å². The Balaban J connectivity index is 2.14. The zero-order valence-electron chi connectivity index (χ0n) is 9.18. The van der Waals surface area contributed by atoms with Gasteiger partial charge in [-0.1, -0.05) is 17.7 Å². The van der Waals surface area contributed by atoms with Crippen molar-refractivity contribution in [2.45, 2.75) is 11.8 Å². The predicted octanol–water partition coefficient (Wildman–Crippen LogP) is 3.29. The summed E-state index contributed by atoms with van der Waals surface area (Å²) in [7, 11) is -1.26. The first-order valence-corrected chi connectivity index (χ1v) is 6.95. The zero-order chi connectivity index (χ0) is 12.3. The lowest BCUT2D eigenvalue weighted by Crippen LogP contribution is -2.04. The van der Waals surface area contributed by atoms with Crippen molar-refractivity contribution in [3.8, 4) is 0 Å². The van der Waals surface area contributed by atoms with Gasteiger partial charge in [-0.05, 0) is 41.1 Å². The fourth-order valence-corrected chi connectivity index (χ4v) is 2.49. The third-order valence-electron chi connectivity index (χ3n) is 2.15. The summed E-state index contributed by atoms with van der Waals surface area (Å²) >= 11 is 3.32. The molecule has 0 aliphatic heterocycles. The third kappa shape index (κ3) is 3.38. The number of rotatable bonds is 3. The molecular weight excluding hydrogens is 300 g/mol. The van der Waals surface area contributed by atoms with Crippen LogP contribution in [-0.4, -0.2) is 9.19 Å². The molecule has 0 radical (unpaired) electrons. The second-order valence-corrected chi connectivity index (χ2v) is 5.70. The van der Waals surface area contributed by atoms with Gasteiger partial charge in [0.1, 0.15) is 11.0 Å². The minimum absolute atomic E-state index is 0.721. The Morgan fingerprint density at radius 2 is 1.94 bits per heavy atom. The molecule has 88 valence electrons. The van der Waals surface area contributed by atoms with Crippen molar-refractivity contribution in [2.75, 3.05) is 4.72 Å². The average molecular weight is 311 g/mol. The number of hydrogen-bond donors (Lipinski definition) is 1. The van der Waals surface area contributed by atoms with E-state index in [1.807, 2.05) is 37.3 Å². The van der Waals surface area contributed by atoms with Gasteiger partial charge in [0.05, 0.1) is 16.8 Å². The Morgan fingerprint density at radius 1 is 1.24 bits per heavy atom. The van der Waals surface area contributed by atoms with Gasteiger partial charge >= 0.3 is 0 Å². The fourth-order valence-electron chi connectivity index (χ4n) is 1.30. The normalized spacial score (nSPS) is 12.1. The molecule has 1 aromatic carbocycles. The van der Waals surface area contributed by atoms with E-state index in [9.17, 15) is 4.21 Å². The predicted molar refractivity (Wildman–Crippen MR) is 73.1 cm³/mol. The number of nitrogens with zero attached hydrogens (tertiary/aromatic N) is 1. The van der Waals surface area contributed by atoms with Crippen molar-refractivity contribution in [1.29, 1.82) is 0 Å². The van der Waals surface area contributed by atoms with Crippen molar-refractivity contribution < 1.29 is 4.21 Å². The quantitative estimate of drug-likeness (QED) is 0.945. The molecule has 1 aromatic heterocycles. The van der Waals surface area contributed by atoms with Gasteiger partial charge in [0.2, 0.25) is 0 Å². The zero-order valence-corrected chi connectivity index (χ0v) is 11.6. The number of halogens is 1. The molecule has 1 unspecified atom stereocenters. The van der Waals surface area contributed by atoms with E-state index in [1.165, 1.54) is 0 Å². The molecule has 17 heavy (non-hydrogen) atoms.